The summed E-state index contributed by atoms with van der Waals surface area (Å²) >= 11 is 11.6. The van der Waals surface area contributed by atoms with Crippen molar-refractivity contribution in [2.24, 2.45) is 0 Å². The second-order valence-corrected chi connectivity index (χ2v) is 4.44. The van der Waals surface area contributed by atoms with Crippen LogP contribution in [0.15, 0.2) is 28.7 Å². The zero-order chi connectivity index (χ0) is 11.5. The van der Waals surface area contributed by atoms with Crippen LogP contribution in [0.4, 0.5) is 0 Å². The van der Waals surface area contributed by atoms with Crippen LogP contribution in [0.3, 0.4) is 0 Å². The van der Waals surface area contributed by atoms with E-state index in [9.17, 15) is 5.11 Å². The molecule has 0 saturated carbocycles. The normalized spacial score (nSPS) is 13.2. The number of hydrogen-bond acceptors (Lipinski definition) is 2. The topological polar surface area (TPSA) is 33.4 Å². The highest BCUT2D eigenvalue weighted by Crippen LogP contribution is 2.30. The highest BCUT2D eigenvalue weighted by atomic mass is 35.5. The zero-order valence-electron chi connectivity index (χ0n) is 8.62. The van der Waals surface area contributed by atoms with Crippen LogP contribution in [0.5, 0.6) is 0 Å². The van der Waals surface area contributed by atoms with Gasteiger partial charge in [-0.3, -0.25) is 0 Å². The summed E-state index contributed by atoms with van der Waals surface area (Å²) in [5.41, 5.74) is 0.629. The zero-order valence-corrected chi connectivity index (χ0v) is 10.1. The molecule has 1 aromatic heterocycles. The van der Waals surface area contributed by atoms with Crippen LogP contribution in [0.1, 0.15) is 24.7 Å². The fraction of sp³-hybridized carbons (Fsp3) is 0.333. The van der Waals surface area contributed by atoms with Gasteiger partial charge in [-0.25, -0.2) is 0 Å². The van der Waals surface area contributed by atoms with E-state index >= 15 is 0 Å². The maximum absolute atomic E-state index is 9.85. The van der Waals surface area contributed by atoms with Crippen molar-refractivity contribution in [3.63, 3.8) is 0 Å². The Balaban J connectivity index is 2.29. The molecule has 1 heterocycles. The Morgan fingerprint density at radius 3 is 2.88 bits per heavy atom. The third kappa shape index (κ3) is 2.34. The summed E-state index contributed by atoms with van der Waals surface area (Å²) in [5, 5.41) is 11.3. The van der Waals surface area contributed by atoms with Crippen molar-refractivity contribution in [1.82, 2.24) is 0 Å². The molecule has 0 fully saturated rings. The number of halogens is 2. The van der Waals surface area contributed by atoms with Crippen molar-refractivity contribution in [3.05, 3.63) is 35.0 Å². The molecule has 1 unspecified atom stereocenters. The molecular weight excluding hydrogens is 247 g/mol. The molecule has 2 rings (SSSR count). The molecule has 1 aromatic carbocycles. The number of furan rings is 1. The van der Waals surface area contributed by atoms with E-state index < -0.39 is 6.10 Å². The summed E-state index contributed by atoms with van der Waals surface area (Å²) in [4.78, 5) is 0. The highest BCUT2D eigenvalue weighted by molar-refractivity contribution is 6.34. The van der Waals surface area contributed by atoms with Gasteiger partial charge in [-0.05, 0) is 25.0 Å². The Kier molecular flexibility index (Phi) is 3.74. The van der Waals surface area contributed by atoms with Gasteiger partial charge in [-0.15, -0.1) is 11.6 Å². The molecule has 0 radical (unpaired) electrons. The molecule has 2 nitrogen and oxygen atoms in total. The third-order valence-corrected chi connectivity index (χ3v) is 3.02. The number of para-hydroxylation sites is 1. The molecular formula is C12H12Cl2O2. The molecule has 0 aliphatic carbocycles. The van der Waals surface area contributed by atoms with Gasteiger partial charge in [0, 0.05) is 11.3 Å². The standard InChI is InChI=1S/C12H12Cl2O2/c13-6-2-5-10(15)11-7-8-3-1-4-9(14)12(8)16-11/h1,3-4,7,10,15H,2,5-6H2. The van der Waals surface area contributed by atoms with Crippen molar-refractivity contribution < 1.29 is 9.52 Å². The molecule has 4 heteroatoms. The predicted molar refractivity (Wildman–Crippen MR) is 66.1 cm³/mol. The molecule has 1 atom stereocenters. The summed E-state index contributed by atoms with van der Waals surface area (Å²) in [6.07, 6.45) is 0.747. The van der Waals surface area contributed by atoms with Crippen LogP contribution in [0, 0.1) is 0 Å². The van der Waals surface area contributed by atoms with Crippen molar-refractivity contribution in [2.75, 3.05) is 5.88 Å². The molecule has 2 aromatic rings. The van der Waals surface area contributed by atoms with E-state index in [1.54, 1.807) is 6.07 Å². The Morgan fingerprint density at radius 2 is 2.19 bits per heavy atom. The number of benzene rings is 1. The van der Waals surface area contributed by atoms with Crippen LogP contribution in [-0.2, 0) is 0 Å². The molecule has 0 saturated heterocycles. The minimum absolute atomic E-state index is 0.540. The van der Waals surface area contributed by atoms with Gasteiger partial charge in [-0.1, -0.05) is 23.7 Å². The first-order valence-corrected chi connectivity index (χ1v) is 6.05. The number of alkyl halides is 1. The molecule has 0 bridgehead atoms. The minimum Gasteiger partial charge on any atom is -0.457 e. The Labute approximate surface area is 104 Å². The smallest absolute Gasteiger partial charge is 0.152 e. The fourth-order valence-electron chi connectivity index (χ4n) is 1.62. The average Bonchev–Trinajstić information content (AvgIpc) is 2.71. The maximum atomic E-state index is 9.85. The number of aliphatic hydroxyl groups excluding tert-OH is 1. The number of hydrogen-bond donors (Lipinski definition) is 1. The number of aliphatic hydroxyl groups is 1. The summed E-state index contributed by atoms with van der Waals surface area (Å²) in [6, 6.07) is 7.35. The number of fused-ring (bicyclic) bond motifs is 1. The molecule has 0 amide bonds. The van der Waals surface area contributed by atoms with Crippen LogP contribution >= 0.6 is 23.2 Å². The summed E-state index contributed by atoms with van der Waals surface area (Å²) < 4.78 is 5.53. The molecule has 0 spiro atoms. The highest BCUT2D eigenvalue weighted by Gasteiger charge is 2.14. The van der Waals surface area contributed by atoms with Crippen molar-refractivity contribution in [1.29, 1.82) is 0 Å². The predicted octanol–water partition coefficient (Wildman–Crippen LogP) is 4.14. The van der Waals surface area contributed by atoms with Gasteiger partial charge in [0.15, 0.2) is 5.58 Å². The molecule has 86 valence electrons. The molecule has 0 aliphatic rings. The molecule has 0 aliphatic heterocycles. The van der Waals surface area contributed by atoms with E-state index in [0.29, 0.717) is 28.7 Å². The number of rotatable bonds is 4. The van der Waals surface area contributed by atoms with E-state index in [4.69, 9.17) is 27.6 Å². The lowest BCUT2D eigenvalue weighted by atomic mass is 10.1. The van der Waals surface area contributed by atoms with E-state index in [2.05, 4.69) is 0 Å². The monoisotopic (exact) mass is 258 g/mol. The quantitative estimate of drug-likeness (QED) is 0.837. The maximum Gasteiger partial charge on any atom is 0.152 e. The van der Waals surface area contributed by atoms with E-state index in [0.717, 1.165) is 11.8 Å². The first-order valence-electron chi connectivity index (χ1n) is 5.14. The molecule has 16 heavy (non-hydrogen) atoms. The lowest BCUT2D eigenvalue weighted by Gasteiger charge is -2.04. The Hall–Kier alpha value is -0.700. The van der Waals surface area contributed by atoms with Gasteiger partial charge < -0.3 is 9.52 Å². The average molecular weight is 259 g/mol. The lowest BCUT2D eigenvalue weighted by molar-refractivity contribution is 0.142. The van der Waals surface area contributed by atoms with Crippen LogP contribution in [0.25, 0.3) is 11.0 Å². The second-order valence-electron chi connectivity index (χ2n) is 3.65. The van der Waals surface area contributed by atoms with E-state index in [1.165, 1.54) is 0 Å². The first kappa shape index (κ1) is 11.8. The summed E-state index contributed by atoms with van der Waals surface area (Å²) in [7, 11) is 0. The van der Waals surface area contributed by atoms with Crippen molar-refractivity contribution in [3.8, 4) is 0 Å². The van der Waals surface area contributed by atoms with Gasteiger partial charge in [0.25, 0.3) is 0 Å². The summed E-state index contributed by atoms with van der Waals surface area (Å²) in [6.45, 7) is 0. The lowest BCUT2D eigenvalue weighted by Crippen LogP contribution is -1.95. The SMILES string of the molecule is OC(CCCCl)c1cc2cccc(Cl)c2o1. The second kappa shape index (κ2) is 5.09. The van der Waals surface area contributed by atoms with Crippen molar-refractivity contribution in [2.45, 2.75) is 18.9 Å². The van der Waals surface area contributed by atoms with Gasteiger partial charge in [0.2, 0.25) is 0 Å². The Morgan fingerprint density at radius 1 is 1.38 bits per heavy atom. The van der Waals surface area contributed by atoms with Crippen LogP contribution < -0.4 is 0 Å². The molecule has 1 N–H and O–H groups in total. The minimum atomic E-state index is -0.609. The first-order chi connectivity index (χ1) is 7.72. The largest absolute Gasteiger partial charge is 0.457 e. The van der Waals surface area contributed by atoms with Crippen LogP contribution in [0.2, 0.25) is 5.02 Å². The van der Waals surface area contributed by atoms with Crippen LogP contribution in [-0.4, -0.2) is 11.0 Å². The van der Waals surface area contributed by atoms with Gasteiger partial charge in [0.05, 0.1) is 5.02 Å². The van der Waals surface area contributed by atoms with E-state index in [1.807, 2.05) is 18.2 Å². The third-order valence-electron chi connectivity index (χ3n) is 2.45. The van der Waals surface area contributed by atoms with Gasteiger partial charge >= 0.3 is 0 Å². The van der Waals surface area contributed by atoms with Gasteiger partial charge in [-0.2, -0.15) is 0 Å². The Bertz CT molecular complexity index is 479. The summed E-state index contributed by atoms with van der Waals surface area (Å²) in [5.74, 6) is 1.09. The van der Waals surface area contributed by atoms with Gasteiger partial charge in [0.1, 0.15) is 11.9 Å². The van der Waals surface area contributed by atoms with Crippen molar-refractivity contribution >= 4 is 34.2 Å². The fourth-order valence-corrected chi connectivity index (χ4v) is 2.00. The van der Waals surface area contributed by atoms with E-state index in [-0.39, 0.29) is 0 Å².